The molecule has 0 aliphatic heterocycles. The molecule has 0 fully saturated rings. The van der Waals surface area contributed by atoms with E-state index in [4.69, 9.17) is 5.73 Å². The Labute approximate surface area is 127 Å². The molecule has 21 heavy (non-hydrogen) atoms. The lowest BCUT2D eigenvalue weighted by atomic mass is 10.1. The van der Waals surface area contributed by atoms with Gasteiger partial charge in [-0.1, -0.05) is 30.0 Å². The minimum Gasteiger partial charge on any atom is -0.383 e. The highest BCUT2D eigenvalue weighted by atomic mass is 32.2. The monoisotopic (exact) mass is 296 g/mol. The average molecular weight is 296 g/mol. The van der Waals surface area contributed by atoms with E-state index in [0.717, 1.165) is 33.0 Å². The summed E-state index contributed by atoms with van der Waals surface area (Å²) < 4.78 is 0. The van der Waals surface area contributed by atoms with E-state index in [1.807, 2.05) is 44.2 Å². The number of rotatable bonds is 3. The van der Waals surface area contributed by atoms with Gasteiger partial charge in [0.1, 0.15) is 5.82 Å². The fraction of sp³-hybridized carbons (Fsp3) is 0.188. The van der Waals surface area contributed by atoms with Gasteiger partial charge in [-0.2, -0.15) is 0 Å². The van der Waals surface area contributed by atoms with Gasteiger partial charge in [-0.15, -0.1) is 0 Å². The van der Waals surface area contributed by atoms with E-state index in [9.17, 15) is 0 Å². The van der Waals surface area contributed by atoms with Crippen molar-refractivity contribution >= 4 is 28.5 Å². The van der Waals surface area contributed by atoms with Crippen LogP contribution in [0.25, 0.3) is 10.9 Å². The number of pyridine rings is 1. The first-order valence-electron chi connectivity index (χ1n) is 6.71. The Morgan fingerprint density at radius 2 is 1.71 bits per heavy atom. The zero-order valence-corrected chi connectivity index (χ0v) is 12.8. The van der Waals surface area contributed by atoms with Gasteiger partial charge in [0.2, 0.25) is 0 Å². The Hall–Kier alpha value is -2.14. The van der Waals surface area contributed by atoms with Crippen molar-refractivity contribution in [3.05, 3.63) is 53.3 Å². The van der Waals surface area contributed by atoms with Gasteiger partial charge in [-0.3, -0.25) is 0 Å². The van der Waals surface area contributed by atoms with E-state index >= 15 is 0 Å². The van der Waals surface area contributed by atoms with Crippen molar-refractivity contribution < 1.29 is 0 Å². The molecule has 2 aromatic heterocycles. The lowest BCUT2D eigenvalue weighted by Crippen LogP contribution is -1.98. The maximum absolute atomic E-state index is 6.05. The number of fused-ring (bicyclic) bond motifs is 1. The average Bonchev–Trinajstić information content (AvgIpc) is 2.44. The van der Waals surface area contributed by atoms with Crippen LogP contribution >= 0.6 is 11.8 Å². The highest BCUT2D eigenvalue weighted by molar-refractivity contribution is 7.98. The molecule has 0 unspecified atom stereocenters. The Morgan fingerprint density at radius 1 is 1.00 bits per heavy atom. The summed E-state index contributed by atoms with van der Waals surface area (Å²) in [5.74, 6) is 1.29. The van der Waals surface area contributed by atoms with Crippen LogP contribution in [0.5, 0.6) is 0 Å². The highest BCUT2D eigenvalue weighted by Crippen LogP contribution is 2.25. The fourth-order valence-electron chi connectivity index (χ4n) is 2.19. The third-order valence-electron chi connectivity index (χ3n) is 3.15. The number of aromatic nitrogens is 3. The molecule has 0 aliphatic rings. The van der Waals surface area contributed by atoms with Gasteiger partial charge in [0, 0.05) is 28.1 Å². The number of benzene rings is 1. The Kier molecular flexibility index (Phi) is 3.75. The predicted octanol–water partition coefficient (Wildman–Crippen LogP) is 3.52. The molecule has 106 valence electrons. The smallest absolute Gasteiger partial charge is 0.188 e. The third-order valence-corrected chi connectivity index (χ3v) is 4.05. The van der Waals surface area contributed by atoms with E-state index in [1.165, 1.54) is 0 Å². The minimum absolute atomic E-state index is 0.575. The van der Waals surface area contributed by atoms with Gasteiger partial charge in [0.25, 0.3) is 0 Å². The molecular formula is C16H16N4S. The van der Waals surface area contributed by atoms with Crippen molar-refractivity contribution in [1.82, 2.24) is 15.0 Å². The van der Waals surface area contributed by atoms with Gasteiger partial charge in [-0.05, 0) is 32.0 Å². The molecule has 3 aromatic rings. The lowest BCUT2D eigenvalue weighted by molar-refractivity contribution is 0.902. The van der Waals surface area contributed by atoms with Crippen LogP contribution in [-0.2, 0) is 5.75 Å². The largest absolute Gasteiger partial charge is 0.383 e. The minimum atomic E-state index is 0.575. The molecule has 1 aromatic carbocycles. The lowest BCUT2D eigenvalue weighted by Gasteiger charge is -2.07. The van der Waals surface area contributed by atoms with Gasteiger partial charge >= 0.3 is 0 Å². The van der Waals surface area contributed by atoms with Crippen LogP contribution in [0, 0.1) is 13.8 Å². The van der Waals surface area contributed by atoms with E-state index in [2.05, 4.69) is 21.0 Å². The van der Waals surface area contributed by atoms with Crippen molar-refractivity contribution in [3.63, 3.8) is 0 Å². The molecule has 3 rings (SSSR count). The molecule has 0 spiro atoms. The normalized spacial score (nSPS) is 11.0. The van der Waals surface area contributed by atoms with Crippen molar-refractivity contribution in [3.8, 4) is 0 Å². The molecule has 0 amide bonds. The summed E-state index contributed by atoms with van der Waals surface area (Å²) in [5, 5.41) is 1.88. The van der Waals surface area contributed by atoms with Crippen LogP contribution in [0.4, 0.5) is 5.82 Å². The van der Waals surface area contributed by atoms with Crippen LogP contribution in [-0.4, -0.2) is 15.0 Å². The molecule has 4 nitrogen and oxygen atoms in total. The summed E-state index contributed by atoms with van der Waals surface area (Å²) in [6.45, 7) is 3.95. The Balaban J connectivity index is 1.86. The fourth-order valence-corrected chi connectivity index (χ4v) is 3.12. The Morgan fingerprint density at radius 3 is 2.48 bits per heavy atom. The molecule has 0 aliphatic carbocycles. The van der Waals surface area contributed by atoms with Crippen LogP contribution in [0.2, 0.25) is 0 Å². The topological polar surface area (TPSA) is 64.7 Å². The number of nitrogens with zero attached hydrogens (tertiary/aromatic N) is 3. The first-order chi connectivity index (χ1) is 10.1. The molecule has 5 heteroatoms. The number of para-hydroxylation sites is 1. The molecule has 0 bridgehead atoms. The number of aryl methyl sites for hydroxylation is 2. The summed E-state index contributed by atoms with van der Waals surface area (Å²) in [7, 11) is 0. The molecular weight excluding hydrogens is 280 g/mol. The molecule has 0 saturated carbocycles. The molecule has 2 N–H and O–H groups in total. The van der Waals surface area contributed by atoms with Gasteiger partial charge in [0.05, 0.1) is 5.52 Å². The molecule has 2 heterocycles. The van der Waals surface area contributed by atoms with Crippen LogP contribution < -0.4 is 5.73 Å². The second-order valence-corrected chi connectivity index (χ2v) is 5.89. The maximum Gasteiger partial charge on any atom is 0.188 e. The van der Waals surface area contributed by atoms with E-state index in [1.54, 1.807) is 11.8 Å². The van der Waals surface area contributed by atoms with Crippen molar-refractivity contribution in [2.75, 3.05) is 5.73 Å². The van der Waals surface area contributed by atoms with Crippen LogP contribution in [0.1, 0.15) is 17.0 Å². The van der Waals surface area contributed by atoms with Gasteiger partial charge in [-0.25, -0.2) is 15.0 Å². The second-order valence-electron chi connectivity index (χ2n) is 4.95. The molecule has 0 radical (unpaired) electrons. The standard InChI is InChI=1S/C16H16N4S/c1-10-7-11(2)19-16(18-10)21-9-13-8-12-5-3-4-6-14(12)20-15(13)17/h3-8H,9H2,1-2H3,(H2,17,20). The van der Waals surface area contributed by atoms with Crippen molar-refractivity contribution in [1.29, 1.82) is 0 Å². The summed E-state index contributed by atoms with van der Waals surface area (Å²) in [6, 6.07) is 12.0. The number of anilines is 1. The quantitative estimate of drug-likeness (QED) is 0.592. The number of hydrogen-bond acceptors (Lipinski definition) is 5. The van der Waals surface area contributed by atoms with Crippen LogP contribution in [0.15, 0.2) is 41.6 Å². The first-order valence-corrected chi connectivity index (χ1v) is 7.69. The maximum atomic E-state index is 6.05. The van der Waals surface area contributed by atoms with E-state index < -0.39 is 0 Å². The molecule has 0 atom stereocenters. The number of thioether (sulfide) groups is 1. The third kappa shape index (κ3) is 3.13. The van der Waals surface area contributed by atoms with Gasteiger partial charge < -0.3 is 5.73 Å². The summed E-state index contributed by atoms with van der Waals surface area (Å²) >= 11 is 1.58. The zero-order chi connectivity index (χ0) is 14.8. The SMILES string of the molecule is Cc1cc(C)nc(SCc2cc3ccccc3nc2N)n1. The van der Waals surface area contributed by atoms with Gasteiger partial charge in [0.15, 0.2) is 5.16 Å². The van der Waals surface area contributed by atoms with Crippen LogP contribution in [0.3, 0.4) is 0 Å². The summed E-state index contributed by atoms with van der Waals surface area (Å²) in [5.41, 5.74) is 9.95. The number of hydrogen-bond donors (Lipinski definition) is 1. The second kappa shape index (κ2) is 5.69. The summed E-state index contributed by atoms with van der Waals surface area (Å²) in [6.07, 6.45) is 0. The highest BCUT2D eigenvalue weighted by Gasteiger charge is 2.07. The predicted molar refractivity (Wildman–Crippen MR) is 87.2 cm³/mol. The van der Waals surface area contributed by atoms with Crippen molar-refractivity contribution in [2.45, 2.75) is 24.8 Å². The number of nitrogens with two attached hydrogens (primary N) is 1. The summed E-state index contributed by atoms with van der Waals surface area (Å²) in [4.78, 5) is 13.3. The van der Waals surface area contributed by atoms with E-state index in [0.29, 0.717) is 11.6 Å². The van der Waals surface area contributed by atoms with E-state index in [-0.39, 0.29) is 0 Å². The number of nitrogen functional groups attached to an aromatic ring is 1. The molecule has 0 saturated heterocycles. The first kappa shape index (κ1) is 13.8. The Bertz CT molecular complexity index is 781. The zero-order valence-electron chi connectivity index (χ0n) is 12.0. The van der Waals surface area contributed by atoms with Crippen molar-refractivity contribution in [2.24, 2.45) is 0 Å².